The van der Waals surface area contributed by atoms with Crippen molar-refractivity contribution in [1.82, 2.24) is 20.0 Å². The van der Waals surface area contributed by atoms with Gasteiger partial charge in [0.05, 0.1) is 28.4 Å². The lowest BCUT2D eigenvalue weighted by Gasteiger charge is -2.22. The lowest BCUT2D eigenvalue weighted by atomic mass is 10.0. The van der Waals surface area contributed by atoms with E-state index in [-0.39, 0.29) is 10.8 Å². The Labute approximate surface area is 173 Å². The van der Waals surface area contributed by atoms with E-state index in [1.54, 1.807) is 30.5 Å². The Balaban J connectivity index is 1.59. The van der Waals surface area contributed by atoms with Crippen LogP contribution < -0.4 is 4.72 Å². The molecular formula is C20H21N5O4S. The van der Waals surface area contributed by atoms with E-state index in [4.69, 9.17) is 0 Å². The van der Waals surface area contributed by atoms with Gasteiger partial charge in [0, 0.05) is 18.0 Å². The van der Waals surface area contributed by atoms with Crippen LogP contribution in [0.15, 0.2) is 48.9 Å². The minimum Gasteiger partial charge on any atom is -0.478 e. The number of pyridine rings is 1. The number of hydrogen-bond donors (Lipinski definition) is 2. The summed E-state index contributed by atoms with van der Waals surface area (Å²) in [5, 5.41) is 17.1. The number of benzene rings is 1. The third-order valence-electron chi connectivity index (χ3n) is 5.18. The molecule has 1 fully saturated rings. The van der Waals surface area contributed by atoms with Crippen LogP contribution in [0.4, 0.5) is 5.69 Å². The summed E-state index contributed by atoms with van der Waals surface area (Å²) in [6.45, 7) is 0. The highest BCUT2D eigenvalue weighted by molar-refractivity contribution is 7.93. The average Bonchev–Trinajstić information content (AvgIpc) is 3.24. The van der Waals surface area contributed by atoms with Gasteiger partial charge >= 0.3 is 5.97 Å². The fourth-order valence-corrected chi connectivity index (χ4v) is 5.21. The topological polar surface area (TPSA) is 127 Å². The van der Waals surface area contributed by atoms with Crippen LogP contribution in [0, 0.1) is 0 Å². The summed E-state index contributed by atoms with van der Waals surface area (Å²) in [5.74, 6) is -1.08. The number of anilines is 1. The van der Waals surface area contributed by atoms with Crippen molar-refractivity contribution in [3.05, 3.63) is 54.5 Å². The number of carboxylic acids is 1. The fraction of sp³-hybridized carbons (Fsp3) is 0.300. The molecule has 9 nitrogen and oxygen atoms in total. The summed E-state index contributed by atoms with van der Waals surface area (Å²) in [5.41, 5.74) is 1.83. The molecule has 0 radical (unpaired) electrons. The van der Waals surface area contributed by atoms with Crippen LogP contribution in [0.25, 0.3) is 16.9 Å². The van der Waals surface area contributed by atoms with Gasteiger partial charge in [-0.25, -0.2) is 17.9 Å². The predicted octanol–water partition coefficient (Wildman–Crippen LogP) is 3.10. The van der Waals surface area contributed by atoms with E-state index in [2.05, 4.69) is 20.0 Å². The molecule has 1 saturated carbocycles. The number of aromatic nitrogens is 4. The molecular weight excluding hydrogens is 406 g/mol. The highest BCUT2D eigenvalue weighted by atomic mass is 32.2. The average molecular weight is 427 g/mol. The Morgan fingerprint density at radius 3 is 2.73 bits per heavy atom. The van der Waals surface area contributed by atoms with E-state index >= 15 is 0 Å². The normalized spacial score (nSPS) is 15.1. The Kier molecular flexibility index (Phi) is 5.49. The van der Waals surface area contributed by atoms with Crippen molar-refractivity contribution in [1.29, 1.82) is 0 Å². The van der Waals surface area contributed by atoms with Gasteiger partial charge in [0.1, 0.15) is 5.69 Å². The molecule has 2 N–H and O–H groups in total. The lowest BCUT2D eigenvalue weighted by molar-refractivity contribution is 0.0697. The summed E-state index contributed by atoms with van der Waals surface area (Å²) in [4.78, 5) is 15.4. The van der Waals surface area contributed by atoms with Crippen molar-refractivity contribution >= 4 is 21.7 Å². The molecule has 30 heavy (non-hydrogen) atoms. The largest absolute Gasteiger partial charge is 0.478 e. The van der Waals surface area contributed by atoms with Gasteiger partial charge in [-0.05, 0) is 37.1 Å². The molecule has 0 saturated heterocycles. The quantitative estimate of drug-likeness (QED) is 0.619. The molecule has 0 unspecified atom stereocenters. The van der Waals surface area contributed by atoms with Crippen LogP contribution in [0.2, 0.25) is 0 Å². The van der Waals surface area contributed by atoms with Gasteiger partial charge in [0.2, 0.25) is 10.0 Å². The molecule has 4 rings (SSSR count). The zero-order chi connectivity index (χ0) is 21.1. The highest BCUT2D eigenvalue weighted by Gasteiger charge is 2.27. The van der Waals surface area contributed by atoms with Gasteiger partial charge in [-0.3, -0.25) is 9.71 Å². The molecule has 1 aliphatic carbocycles. The zero-order valence-corrected chi connectivity index (χ0v) is 16.9. The van der Waals surface area contributed by atoms with Crippen LogP contribution in [0.5, 0.6) is 0 Å². The maximum absolute atomic E-state index is 12.7. The highest BCUT2D eigenvalue weighted by Crippen LogP contribution is 2.26. The summed E-state index contributed by atoms with van der Waals surface area (Å²) < 4.78 is 29.5. The van der Waals surface area contributed by atoms with Gasteiger partial charge in [-0.2, -0.15) is 0 Å². The molecule has 2 heterocycles. The fourth-order valence-electron chi connectivity index (χ4n) is 3.63. The third-order valence-corrected chi connectivity index (χ3v) is 7.05. The molecule has 1 aliphatic rings. The van der Waals surface area contributed by atoms with Crippen molar-refractivity contribution in [3.8, 4) is 16.9 Å². The second-order valence-electron chi connectivity index (χ2n) is 7.23. The summed E-state index contributed by atoms with van der Waals surface area (Å²) >= 11 is 0. The number of carboxylic acid groups (broad SMARTS) is 1. The van der Waals surface area contributed by atoms with E-state index in [0.29, 0.717) is 35.5 Å². The molecule has 3 aromatic rings. The van der Waals surface area contributed by atoms with Crippen molar-refractivity contribution in [2.75, 3.05) is 4.72 Å². The first-order chi connectivity index (χ1) is 14.4. The first-order valence-electron chi connectivity index (χ1n) is 9.66. The molecule has 156 valence electrons. The molecule has 2 aromatic heterocycles. The van der Waals surface area contributed by atoms with Gasteiger partial charge in [0.15, 0.2) is 0 Å². The van der Waals surface area contributed by atoms with E-state index in [0.717, 1.165) is 19.3 Å². The first-order valence-corrected chi connectivity index (χ1v) is 11.2. The van der Waals surface area contributed by atoms with Crippen LogP contribution in [-0.4, -0.2) is 44.7 Å². The molecule has 10 heteroatoms. The number of carbonyl (C=O) groups is 1. The molecule has 0 aliphatic heterocycles. The maximum atomic E-state index is 12.7. The van der Waals surface area contributed by atoms with E-state index in [9.17, 15) is 18.3 Å². The maximum Gasteiger partial charge on any atom is 0.336 e. The standard InChI is InChI=1S/C20H21N5O4S/c26-20(27)17-9-10-21-12-18(17)19-13-25(24-22-19)15-6-4-5-14(11-15)23-30(28,29)16-7-2-1-3-8-16/h4-6,9-13,16,23H,1-3,7-8H2,(H,26,27). The van der Waals surface area contributed by atoms with Crippen LogP contribution >= 0.6 is 0 Å². The SMILES string of the molecule is O=C(O)c1ccncc1-c1cn(-c2cccc(NS(=O)(=O)C3CCCCC3)c2)nn1. The molecule has 0 spiro atoms. The smallest absolute Gasteiger partial charge is 0.336 e. The Hall–Kier alpha value is -3.27. The molecule has 0 amide bonds. The van der Waals surface area contributed by atoms with Crippen molar-refractivity contribution in [3.63, 3.8) is 0 Å². The lowest BCUT2D eigenvalue weighted by Crippen LogP contribution is -2.29. The van der Waals surface area contributed by atoms with Crippen LogP contribution in [-0.2, 0) is 10.0 Å². The van der Waals surface area contributed by atoms with E-state index in [1.165, 1.54) is 23.1 Å². The number of nitrogens with zero attached hydrogens (tertiary/aromatic N) is 4. The Morgan fingerprint density at radius 1 is 1.17 bits per heavy atom. The van der Waals surface area contributed by atoms with Crippen LogP contribution in [0.1, 0.15) is 42.5 Å². The number of sulfonamides is 1. The molecule has 0 atom stereocenters. The van der Waals surface area contributed by atoms with Gasteiger partial charge in [-0.1, -0.05) is 30.5 Å². The third kappa shape index (κ3) is 4.18. The first kappa shape index (κ1) is 20.0. The molecule has 0 bridgehead atoms. The number of aromatic carboxylic acids is 1. The Bertz CT molecular complexity index is 1170. The zero-order valence-electron chi connectivity index (χ0n) is 16.1. The monoisotopic (exact) mass is 427 g/mol. The minimum absolute atomic E-state index is 0.0750. The number of hydrogen-bond acceptors (Lipinski definition) is 6. The summed E-state index contributed by atoms with van der Waals surface area (Å²) in [6.07, 6.45) is 8.71. The number of rotatable bonds is 6. The summed E-state index contributed by atoms with van der Waals surface area (Å²) in [7, 11) is -3.46. The minimum atomic E-state index is -3.46. The van der Waals surface area contributed by atoms with E-state index in [1.807, 2.05) is 0 Å². The van der Waals surface area contributed by atoms with Gasteiger partial charge in [0.25, 0.3) is 0 Å². The van der Waals surface area contributed by atoms with Crippen molar-refractivity contribution in [2.24, 2.45) is 0 Å². The summed E-state index contributed by atoms with van der Waals surface area (Å²) in [6, 6.07) is 8.24. The molecule has 1 aromatic carbocycles. The predicted molar refractivity (Wildman–Crippen MR) is 111 cm³/mol. The second kappa shape index (κ2) is 8.23. The van der Waals surface area contributed by atoms with Crippen molar-refractivity contribution in [2.45, 2.75) is 37.4 Å². The van der Waals surface area contributed by atoms with Crippen molar-refractivity contribution < 1.29 is 18.3 Å². The van der Waals surface area contributed by atoms with Crippen LogP contribution in [0.3, 0.4) is 0 Å². The Morgan fingerprint density at radius 2 is 1.97 bits per heavy atom. The number of nitrogens with one attached hydrogen (secondary N) is 1. The van der Waals surface area contributed by atoms with Gasteiger partial charge in [-0.15, -0.1) is 5.10 Å². The second-order valence-corrected chi connectivity index (χ2v) is 9.19. The van der Waals surface area contributed by atoms with E-state index < -0.39 is 16.0 Å². The van der Waals surface area contributed by atoms with Gasteiger partial charge < -0.3 is 5.11 Å².